The van der Waals surface area contributed by atoms with Crippen molar-refractivity contribution in [1.29, 1.82) is 0 Å². The monoisotopic (exact) mass is 471 g/mol. The molecule has 6 nitrogen and oxygen atoms in total. The van der Waals surface area contributed by atoms with Crippen LogP contribution < -0.4 is 16.0 Å². The number of methoxy groups -OCH3 is 1. The second-order valence-corrected chi connectivity index (χ2v) is 9.33. The van der Waals surface area contributed by atoms with Crippen molar-refractivity contribution in [3.8, 4) is 11.3 Å². The first kappa shape index (κ1) is 23.0. The van der Waals surface area contributed by atoms with Crippen molar-refractivity contribution in [2.75, 3.05) is 30.9 Å². The molecule has 2 heterocycles. The van der Waals surface area contributed by atoms with Gasteiger partial charge in [-0.2, -0.15) is 0 Å². The van der Waals surface area contributed by atoms with Gasteiger partial charge < -0.3 is 20.7 Å². The highest BCUT2D eigenvalue weighted by Crippen LogP contribution is 2.32. The summed E-state index contributed by atoms with van der Waals surface area (Å²) in [5.41, 5.74) is 3.00. The van der Waals surface area contributed by atoms with Crippen LogP contribution in [0.4, 0.5) is 10.9 Å². The van der Waals surface area contributed by atoms with Gasteiger partial charge in [0.25, 0.3) is 0 Å². The Morgan fingerprint density at radius 3 is 2.69 bits per heavy atom. The minimum absolute atomic E-state index is 0.426. The molecule has 1 aliphatic carbocycles. The van der Waals surface area contributed by atoms with Crippen molar-refractivity contribution in [3.63, 3.8) is 0 Å². The van der Waals surface area contributed by atoms with Crippen LogP contribution in [-0.2, 0) is 11.3 Å². The Morgan fingerprint density at radius 1 is 1.12 bits per heavy atom. The second-order valence-electron chi connectivity index (χ2n) is 8.07. The summed E-state index contributed by atoms with van der Waals surface area (Å²) in [4.78, 5) is 9.24. The first-order chi connectivity index (χ1) is 15.7. The van der Waals surface area contributed by atoms with Crippen LogP contribution in [0.5, 0.6) is 0 Å². The zero-order chi connectivity index (χ0) is 22.2. The molecule has 8 heteroatoms. The number of pyridine rings is 1. The minimum atomic E-state index is 0.426. The molecule has 4 rings (SSSR count). The molecule has 1 fully saturated rings. The van der Waals surface area contributed by atoms with Gasteiger partial charge in [0.2, 0.25) is 0 Å². The zero-order valence-corrected chi connectivity index (χ0v) is 19.9. The zero-order valence-electron chi connectivity index (χ0n) is 18.3. The predicted octanol–water partition coefficient (Wildman–Crippen LogP) is 5.43. The van der Waals surface area contributed by atoms with Gasteiger partial charge in [-0.3, -0.25) is 0 Å². The number of rotatable bonds is 10. The van der Waals surface area contributed by atoms with Gasteiger partial charge >= 0.3 is 0 Å². The summed E-state index contributed by atoms with van der Waals surface area (Å²) in [7, 11) is 1.74. The third-order valence-corrected chi connectivity index (χ3v) is 6.84. The number of nitrogens with zero attached hydrogens (tertiary/aromatic N) is 2. The molecule has 1 aliphatic rings. The van der Waals surface area contributed by atoms with E-state index >= 15 is 0 Å². The molecule has 0 bridgehead atoms. The quantitative estimate of drug-likeness (QED) is 0.342. The van der Waals surface area contributed by atoms with E-state index in [9.17, 15) is 0 Å². The van der Waals surface area contributed by atoms with E-state index in [2.05, 4.69) is 33.1 Å². The van der Waals surface area contributed by atoms with E-state index in [0.29, 0.717) is 17.1 Å². The van der Waals surface area contributed by atoms with Crippen LogP contribution in [-0.4, -0.2) is 42.3 Å². The van der Waals surface area contributed by atoms with E-state index in [-0.39, 0.29) is 0 Å². The Kier molecular flexibility index (Phi) is 8.34. The highest BCUT2D eigenvalue weighted by molar-refractivity contribution is 7.14. The maximum atomic E-state index is 6.47. The molecule has 1 saturated carbocycles. The molecular weight excluding hydrogens is 442 g/mol. The molecule has 0 saturated heterocycles. The number of halogens is 1. The Hall–Kier alpha value is -2.19. The largest absolute Gasteiger partial charge is 0.383 e. The van der Waals surface area contributed by atoms with Crippen LogP contribution in [0.25, 0.3) is 11.3 Å². The molecule has 0 atom stereocenters. The van der Waals surface area contributed by atoms with E-state index in [1.807, 2.05) is 29.6 Å². The molecule has 1 aromatic carbocycles. The summed E-state index contributed by atoms with van der Waals surface area (Å²) in [5.74, 6) is 0.854. The van der Waals surface area contributed by atoms with Gasteiger partial charge in [-0.15, -0.1) is 11.3 Å². The molecule has 170 valence electrons. The Bertz CT molecular complexity index is 976. The number of ether oxygens (including phenoxy) is 1. The van der Waals surface area contributed by atoms with Gasteiger partial charge in [0.15, 0.2) is 5.13 Å². The van der Waals surface area contributed by atoms with E-state index in [4.69, 9.17) is 21.3 Å². The molecule has 2 aromatic heterocycles. The van der Waals surface area contributed by atoms with Crippen molar-refractivity contribution in [1.82, 2.24) is 15.3 Å². The highest BCUT2D eigenvalue weighted by atomic mass is 35.5. The van der Waals surface area contributed by atoms with Crippen molar-refractivity contribution in [3.05, 3.63) is 58.6 Å². The van der Waals surface area contributed by atoms with Gasteiger partial charge in [0.05, 0.1) is 17.3 Å². The molecular formula is C24H30ClN5OS. The number of thiazole rings is 1. The lowest BCUT2D eigenvalue weighted by molar-refractivity contribution is 0.191. The highest BCUT2D eigenvalue weighted by Gasteiger charge is 2.21. The lowest BCUT2D eigenvalue weighted by atomic mass is 9.91. The number of nitrogens with one attached hydrogen (secondary N) is 3. The molecule has 0 unspecified atom stereocenters. The van der Waals surface area contributed by atoms with Crippen LogP contribution in [0.2, 0.25) is 5.02 Å². The molecule has 0 aliphatic heterocycles. The topological polar surface area (TPSA) is 71.1 Å². The third kappa shape index (κ3) is 6.42. The van der Waals surface area contributed by atoms with Crippen LogP contribution >= 0.6 is 22.9 Å². The molecule has 3 aromatic rings. The molecule has 32 heavy (non-hydrogen) atoms. The standard InChI is InChI=1S/C24H30ClN5OS/c1-31-12-11-26-18-7-9-19(10-8-18)29-23-13-20(21(25)15-27-23)22-16-32-24(30-22)28-14-17-5-3-2-4-6-17/h2-6,13,15-16,18-19,26H,7-12,14H2,1H3,(H,27,29)(H,28,30). The molecule has 0 spiro atoms. The SMILES string of the molecule is COCCNC1CCC(Nc2cc(-c3csc(NCc4ccccc4)n3)c(Cl)cn2)CC1. The summed E-state index contributed by atoms with van der Waals surface area (Å²) in [5, 5.41) is 14.1. The summed E-state index contributed by atoms with van der Waals surface area (Å²) in [6, 6.07) is 13.3. The first-order valence-corrected chi connectivity index (χ1v) is 12.3. The fourth-order valence-corrected chi connectivity index (χ4v) is 4.89. The summed E-state index contributed by atoms with van der Waals surface area (Å²) in [6.45, 7) is 2.42. The van der Waals surface area contributed by atoms with Crippen LogP contribution in [0.15, 0.2) is 48.0 Å². The number of aromatic nitrogens is 2. The molecule has 0 amide bonds. The van der Waals surface area contributed by atoms with E-state index in [0.717, 1.165) is 67.6 Å². The predicted molar refractivity (Wildman–Crippen MR) is 134 cm³/mol. The van der Waals surface area contributed by atoms with E-state index in [1.54, 1.807) is 24.6 Å². The van der Waals surface area contributed by atoms with Crippen molar-refractivity contribution in [2.45, 2.75) is 44.3 Å². The van der Waals surface area contributed by atoms with E-state index < -0.39 is 0 Å². The average Bonchev–Trinajstić information content (AvgIpc) is 3.30. The smallest absolute Gasteiger partial charge is 0.183 e. The fraction of sp³-hybridized carbons (Fsp3) is 0.417. The third-order valence-electron chi connectivity index (χ3n) is 5.74. The van der Waals surface area contributed by atoms with Crippen LogP contribution in [0.1, 0.15) is 31.2 Å². The lowest BCUT2D eigenvalue weighted by Crippen LogP contribution is -2.38. The Morgan fingerprint density at radius 2 is 1.91 bits per heavy atom. The normalized spacial score (nSPS) is 18.4. The van der Waals surface area contributed by atoms with E-state index in [1.165, 1.54) is 5.56 Å². The Labute approximate surface area is 198 Å². The minimum Gasteiger partial charge on any atom is -0.383 e. The first-order valence-electron chi connectivity index (χ1n) is 11.1. The maximum Gasteiger partial charge on any atom is 0.183 e. The number of hydrogen-bond acceptors (Lipinski definition) is 7. The van der Waals surface area contributed by atoms with Crippen LogP contribution in [0, 0.1) is 0 Å². The molecule has 3 N–H and O–H groups in total. The van der Waals surface area contributed by atoms with Crippen molar-refractivity contribution >= 4 is 33.9 Å². The van der Waals surface area contributed by atoms with Gasteiger partial charge in [0, 0.05) is 49.4 Å². The lowest BCUT2D eigenvalue weighted by Gasteiger charge is -2.30. The molecule has 0 radical (unpaired) electrons. The van der Waals surface area contributed by atoms with Gasteiger partial charge in [-0.1, -0.05) is 41.9 Å². The summed E-state index contributed by atoms with van der Waals surface area (Å²) in [6.07, 6.45) is 6.27. The van der Waals surface area contributed by atoms with Gasteiger partial charge in [-0.25, -0.2) is 9.97 Å². The fourth-order valence-electron chi connectivity index (χ4n) is 3.98. The maximum absolute atomic E-state index is 6.47. The van der Waals surface area contributed by atoms with Gasteiger partial charge in [0.1, 0.15) is 5.82 Å². The number of hydrogen-bond donors (Lipinski definition) is 3. The number of anilines is 2. The summed E-state index contributed by atoms with van der Waals surface area (Å²) < 4.78 is 5.12. The second kappa shape index (κ2) is 11.6. The van der Waals surface area contributed by atoms with Crippen molar-refractivity contribution in [2.24, 2.45) is 0 Å². The summed E-state index contributed by atoms with van der Waals surface area (Å²) >= 11 is 8.06. The van der Waals surface area contributed by atoms with Crippen LogP contribution in [0.3, 0.4) is 0 Å². The van der Waals surface area contributed by atoms with Crippen molar-refractivity contribution < 1.29 is 4.74 Å². The number of benzene rings is 1. The Balaban J connectivity index is 1.34. The van der Waals surface area contributed by atoms with Gasteiger partial charge in [-0.05, 0) is 37.3 Å². The average molecular weight is 472 g/mol.